The van der Waals surface area contributed by atoms with Gasteiger partial charge in [0.2, 0.25) is 0 Å². The summed E-state index contributed by atoms with van der Waals surface area (Å²) in [5.74, 6) is 0.868. The maximum absolute atomic E-state index is 5.63. The van der Waals surface area contributed by atoms with E-state index in [0.29, 0.717) is 6.61 Å². The van der Waals surface area contributed by atoms with Crippen molar-refractivity contribution in [1.29, 1.82) is 0 Å². The lowest BCUT2D eigenvalue weighted by Gasteiger charge is -2.17. The van der Waals surface area contributed by atoms with Crippen molar-refractivity contribution in [1.82, 2.24) is 5.32 Å². The van der Waals surface area contributed by atoms with Crippen LogP contribution in [0.3, 0.4) is 0 Å². The normalized spacial score (nSPS) is 12.4. The highest BCUT2D eigenvalue weighted by Crippen LogP contribution is 2.19. The van der Waals surface area contributed by atoms with E-state index >= 15 is 0 Å². The van der Waals surface area contributed by atoms with Gasteiger partial charge in [-0.25, -0.2) is 0 Å². The fourth-order valence-corrected chi connectivity index (χ4v) is 1.71. The van der Waals surface area contributed by atoms with Gasteiger partial charge in [-0.05, 0) is 31.2 Å². The first kappa shape index (κ1) is 15.0. The molecule has 102 valence electrons. The van der Waals surface area contributed by atoms with Crippen molar-refractivity contribution < 1.29 is 14.2 Å². The van der Waals surface area contributed by atoms with Gasteiger partial charge in [-0.15, -0.1) is 0 Å². The molecule has 18 heavy (non-hydrogen) atoms. The second-order valence-electron chi connectivity index (χ2n) is 4.04. The molecular formula is C14H23NO3. The molecule has 1 aromatic rings. The molecule has 0 radical (unpaired) electrons. The Bertz CT molecular complexity index is 331. The maximum Gasteiger partial charge on any atom is 0.119 e. The molecule has 0 fully saturated rings. The molecule has 0 aliphatic heterocycles. The van der Waals surface area contributed by atoms with Crippen LogP contribution >= 0.6 is 0 Å². The van der Waals surface area contributed by atoms with Gasteiger partial charge >= 0.3 is 0 Å². The maximum atomic E-state index is 5.63. The van der Waals surface area contributed by atoms with Crippen LogP contribution in [0.15, 0.2) is 24.3 Å². The highest BCUT2D eigenvalue weighted by molar-refractivity contribution is 5.30. The highest BCUT2D eigenvalue weighted by Gasteiger charge is 2.09. The number of hydrogen-bond donors (Lipinski definition) is 1. The zero-order chi connectivity index (χ0) is 13.2. The standard InChI is InChI=1S/C14H23NO3/c1-15-14(11-18-9-5-8-16-2)12-6-4-7-13(10-12)17-3/h4,6-7,10,14-15H,5,8-9,11H2,1-3H3. The lowest BCUT2D eigenvalue weighted by Crippen LogP contribution is -2.22. The van der Waals surface area contributed by atoms with Gasteiger partial charge < -0.3 is 19.5 Å². The van der Waals surface area contributed by atoms with Crippen LogP contribution in [-0.4, -0.2) is 41.1 Å². The van der Waals surface area contributed by atoms with Gasteiger partial charge in [0.25, 0.3) is 0 Å². The molecule has 1 atom stereocenters. The molecule has 0 saturated heterocycles. The average molecular weight is 253 g/mol. The molecule has 1 rings (SSSR count). The molecule has 0 heterocycles. The summed E-state index contributed by atoms with van der Waals surface area (Å²) in [6, 6.07) is 8.21. The Morgan fingerprint density at radius 1 is 1.22 bits per heavy atom. The summed E-state index contributed by atoms with van der Waals surface area (Å²) in [6.07, 6.45) is 0.922. The molecule has 1 aromatic carbocycles. The van der Waals surface area contributed by atoms with Crippen LogP contribution in [0.25, 0.3) is 0 Å². The molecule has 1 unspecified atom stereocenters. The molecule has 0 amide bonds. The van der Waals surface area contributed by atoms with E-state index < -0.39 is 0 Å². The van der Waals surface area contributed by atoms with E-state index in [1.54, 1.807) is 14.2 Å². The predicted molar refractivity (Wildman–Crippen MR) is 72.1 cm³/mol. The van der Waals surface area contributed by atoms with Crippen molar-refractivity contribution >= 4 is 0 Å². The number of ether oxygens (including phenoxy) is 3. The topological polar surface area (TPSA) is 39.7 Å². The van der Waals surface area contributed by atoms with Gasteiger partial charge in [0.15, 0.2) is 0 Å². The monoisotopic (exact) mass is 253 g/mol. The van der Waals surface area contributed by atoms with Crippen LogP contribution in [0, 0.1) is 0 Å². The first-order chi connectivity index (χ1) is 8.81. The second kappa shape index (κ2) is 8.91. The molecule has 0 aliphatic rings. The number of benzene rings is 1. The van der Waals surface area contributed by atoms with E-state index in [2.05, 4.69) is 11.4 Å². The molecule has 0 aromatic heterocycles. The minimum absolute atomic E-state index is 0.183. The largest absolute Gasteiger partial charge is 0.497 e. The third-order valence-corrected chi connectivity index (χ3v) is 2.77. The van der Waals surface area contributed by atoms with Gasteiger partial charge in [-0.3, -0.25) is 0 Å². The van der Waals surface area contributed by atoms with Crippen molar-refractivity contribution in [3.8, 4) is 5.75 Å². The first-order valence-corrected chi connectivity index (χ1v) is 6.19. The fourth-order valence-electron chi connectivity index (χ4n) is 1.71. The summed E-state index contributed by atoms with van der Waals surface area (Å²) in [5, 5.41) is 3.25. The van der Waals surface area contributed by atoms with Crippen LogP contribution in [0.1, 0.15) is 18.0 Å². The Balaban J connectivity index is 2.44. The fraction of sp³-hybridized carbons (Fsp3) is 0.571. The van der Waals surface area contributed by atoms with Crippen LogP contribution in [0.5, 0.6) is 5.75 Å². The Morgan fingerprint density at radius 2 is 2.06 bits per heavy atom. The van der Waals surface area contributed by atoms with Crippen molar-refractivity contribution in [3.05, 3.63) is 29.8 Å². The molecule has 0 bridgehead atoms. The second-order valence-corrected chi connectivity index (χ2v) is 4.04. The summed E-state index contributed by atoms with van der Waals surface area (Å²) in [6.45, 7) is 2.10. The van der Waals surface area contributed by atoms with Gasteiger partial charge in [0.05, 0.1) is 19.8 Å². The zero-order valence-corrected chi connectivity index (χ0v) is 11.4. The number of rotatable bonds is 9. The predicted octanol–water partition coefficient (Wildman–Crippen LogP) is 2.01. The minimum atomic E-state index is 0.183. The average Bonchev–Trinajstić information content (AvgIpc) is 2.43. The van der Waals surface area contributed by atoms with E-state index in [-0.39, 0.29) is 6.04 Å². The zero-order valence-electron chi connectivity index (χ0n) is 11.4. The lowest BCUT2D eigenvalue weighted by atomic mass is 10.1. The molecule has 0 aliphatic carbocycles. The van der Waals surface area contributed by atoms with E-state index in [9.17, 15) is 0 Å². The van der Waals surface area contributed by atoms with Crippen LogP contribution in [0.4, 0.5) is 0 Å². The lowest BCUT2D eigenvalue weighted by molar-refractivity contribution is 0.0889. The van der Waals surface area contributed by atoms with Crippen molar-refractivity contribution in [2.75, 3.05) is 41.1 Å². The molecule has 0 saturated carbocycles. The first-order valence-electron chi connectivity index (χ1n) is 6.19. The van der Waals surface area contributed by atoms with Gasteiger partial charge in [0.1, 0.15) is 5.75 Å². The van der Waals surface area contributed by atoms with Crippen LogP contribution in [-0.2, 0) is 9.47 Å². The number of hydrogen-bond acceptors (Lipinski definition) is 4. The molecular weight excluding hydrogens is 230 g/mol. The summed E-state index contributed by atoms with van der Waals surface area (Å²) in [7, 11) is 5.31. The highest BCUT2D eigenvalue weighted by atomic mass is 16.5. The Morgan fingerprint density at radius 3 is 2.72 bits per heavy atom. The van der Waals surface area contributed by atoms with Gasteiger partial charge in [-0.1, -0.05) is 12.1 Å². The van der Waals surface area contributed by atoms with Gasteiger partial charge in [-0.2, -0.15) is 0 Å². The van der Waals surface area contributed by atoms with Crippen molar-refractivity contribution in [2.24, 2.45) is 0 Å². The number of likely N-dealkylation sites (N-methyl/N-ethyl adjacent to an activating group) is 1. The van der Waals surface area contributed by atoms with Crippen LogP contribution < -0.4 is 10.1 Å². The summed E-state index contributed by atoms with van der Waals surface area (Å²) in [5.41, 5.74) is 1.17. The van der Waals surface area contributed by atoms with Gasteiger partial charge in [0, 0.05) is 20.3 Å². The molecule has 4 heteroatoms. The Labute approximate surface area is 109 Å². The third kappa shape index (κ3) is 5.04. The van der Waals surface area contributed by atoms with E-state index in [0.717, 1.165) is 25.4 Å². The number of methoxy groups -OCH3 is 2. The van der Waals surface area contributed by atoms with Crippen molar-refractivity contribution in [3.63, 3.8) is 0 Å². The van der Waals surface area contributed by atoms with Crippen molar-refractivity contribution in [2.45, 2.75) is 12.5 Å². The summed E-state index contributed by atoms with van der Waals surface area (Å²) in [4.78, 5) is 0. The third-order valence-electron chi connectivity index (χ3n) is 2.77. The quantitative estimate of drug-likeness (QED) is 0.683. The summed E-state index contributed by atoms with van der Waals surface area (Å²) >= 11 is 0. The SMILES string of the molecule is CNC(COCCCOC)c1cccc(OC)c1. The smallest absolute Gasteiger partial charge is 0.119 e. The molecule has 0 spiro atoms. The molecule has 1 N–H and O–H groups in total. The minimum Gasteiger partial charge on any atom is -0.497 e. The Hall–Kier alpha value is -1.10. The van der Waals surface area contributed by atoms with E-state index in [1.807, 2.05) is 25.2 Å². The van der Waals surface area contributed by atoms with E-state index in [1.165, 1.54) is 5.56 Å². The van der Waals surface area contributed by atoms with E-state index in [4.69, 9.17) is 14.2 Å². The summed E-state index contributed by atoms with van der Waals surface area (Å²) < 4.78 is 15.8. The van der Waals surface area contributed by atoms with Crippen LogP contribution in [0.2, 0.25) is 0 Å². The number of nitrogens with one attached hydrogen (secondary N) is 1. The Kier molecular flexibility index (Phi) is 7.41. The molecule has 4 nitrogen and oxygen atoms in total.